The van der Waals surface area contributed by atoms with Crippen molar-refractivity contribution in [3.63, 3.8) is 0 Å². The van der Waals surface area contributed by atoms with E-state index in [1.54, 1.807) is 0 Å². The van der Waals surface area contributed by atoms with Crippen LogP contribution in [-0.4, -0.2) is 32.7 Å². The lowest BCUT2D eigenvalue weighted by atomic mass is 9.79. The number of carbonyl (C=O) groups excluding carboxylic acids is 2. The van der Waals surface area contributed by atoms with Gasteiger partial charge < -0.3 is 9.47 Å². The number of nitrogens with one attached hydrogen (secondary N) is 1. The molecule has 0 heterocycles. The molecule has 0 saturated heterocycles. The first-order valence-electron chi connectivity index (χ1n) is 8.92. The Kier molecular flexibility index (Phi) is 6.99. The minimum absolute atomic E-state index is 0.0572. The number of hydrogen-bond donors (Lipinski definition) is 1. The molecule has 1 aromatic rings. The molecule has 7 nitrogen and oxygen atoms in total. The molecule has 0 amide bonds. The molecule has 1 atom stereocenters. The quantitative estimate of drug-likeness (QED) is 0.526. The Balaban J connectivity index is 2.43. The summed E-state index contributed by atoms with van der Waals surface area (Å²) in [5, 5.41) is -1.27. The highest BCUT2D eigenvalue weighted by Gasteiger charge is 2.39. The van der Waals surface area contributed by atoms with E-state index in [0.717, 1.165) is 12.1 Å². The summed E-state index contributed by atoms with van der Waals surface area (Å²) < 4.78 is 64.8. The molecule has 1 aliphatic carbocycles. The van der Waals surface area contributed by atoms with Crippen LogP contribution in [0.5, 0.6) is 0 Å². The van der Waals surface area contributed by atoms with Gasteiger partial charge in [0.15, 0.2) is 6.61 Å². The van der Waals surface area contributed by atoms with Crippen LogP contribution in [0.4, 0.5) is 14.5 Å². The summed E-state index contributed by atoms with van der Waals surface area (Å²) in [4.78, 5) is 22.3. The maximum atomic E-state index is 13.9. The molecule has 0 saturated carbocycles. The van der Waals surface area contributed by atoms with E-state index in [1.807, 2.05) is 20.8 Å². The number of halogens is 2. The number of ether oxygens (including phenoxy) is 2. The third kappa shape index (κ3) is 5.75. The van der Waals surface area contributed by atoms with E-state index in [-0.39, 0.29) is 18.7 Å². The second kappa shape index (κ2) is 8.89. The summed E-state index contributed by atoms with van der Waals surface area (Å²) in [6, 6.07) is 2.46. The van der Waals surface area contributed by atoms with Gasteiger partial charge in [-0.25, -0.2) is 22.0 Å². The van der Waals surface area contributed by atoms with E-state index in [4.69, 9.17) is 4.74 Å². The van der Waals surface area contributed by atoms with Gasteiger partial charge in [-0.2, -0.15) is 0 Å². The Morgan fingerprint density at radius 1 is 1.31 bits per heavy atom. The molecule has 0 aromatic heterocycles. The van der Waals surface area contributed by atoms with Crippen LogP contribution in [0.1, 0.15) is 40.0 Å². The van der Waals surface area contributed by atoms with E-state index in [1.165, 1.54) is 0 Å². The minimum atomic E-state index is -4.24. The average molecular weight is 431 g/mol. The van der Waals surface area contributed by atoms with Crippen LogP contribution < -0.4 is 4.72 Å². The molecule has 2 rings (SSSR count). The fourth-order valence-corrected chi connectivity index (χ4v) is 4.70. The zero-order valence-electron chi connectivity index (χ0n) is 16.3. The predicted octanol–water partition coefficient (Wildman–Crippen LogP) is 3.28. The van der Waals surface area contributed by atoms with E-state index in [9.17, 15) is 26.8 Å². The van der Waals surface area contributed by atoms with E-state index in [2.05, 4.69) is 9.46 Å². The van der Waals surface area contributed by atoms with Crippen LogP contribution in [0.15, 0.2) is 29.5 Å². The molecule has 0 spiro atoms. The van der Waals surface area contributed by atoms with Crippen molar-refractivity contribution in [2.24, 2.45) is 5.41 Å². The summed E-state index contributed by atoms with van der Waals surface area (Å²) in [5.74, 6) is -2.90. The molecule has 0 fully saturated rings. The average Bonchev–Trinajstić information content (AvgIpc) is 2.61. The molecule has 160 valence electrons. The second-order valence-corrected chi connectivity index (χ2v) is 9.49. The van der Waals surface area contributed by atoms with Crippen molar-refractivity contribution in [3.8, 4) is 0 Å². The zero-order chi connectivity index (χ0) is 21.8. The molecule has 1 unspecified atom stereocenters. The second-order valence-electron chi connectivity index (χ2n) is 7.63. The number of allylic oxidation sites excluding steroid dienone is 1. The Bertz CT molecular complexity index is 921. The zero-order valence-corrected chi connectivity index (χ0v) is 17.1. The highest BCUT2D eigenvalue weighted by molar-refractivity contribution is 7.93. The van der Waals surface area contributed by atoms with E-state index in [0.29, 0.717) is 24.5 Å². The molecule has 10 heteroatoms. The highest BCUT2D eigenvalue weighted by atomic mass is 32.2. The van der Waals surface area contributed by atoms with E-state index >= 15 is 0 Å². The number of esters is 1. The molecular weight excluding hydrogens is 408 g/mol. The number of benzene rings is 1. The van der Waals surface area contributed by atoms with Gasteiger partial charge in [0.1, 0.15) is 22.6 Å². The summed E-state index contributed by atoms with van der Waals surface area (Å²) in [5.41, 5.74) is -0.293. The lowest BCUT2D eigenvalue weighted by Gasteiger charge is -2.33. The summed E-state index contributed by atoms with van der Waals surface area (Å²) in [6.45, 7) is 4.95. The molecule has 1 N–H and O–H groups in total. The van der Waals surface area contributed by atoms with Crippen LogP contribution in [0, 0.1) is 17.0 Å². The molecule has 29 heavy (non-hydrogen) atoms. The SMILES string of the molecule is CC(C)(C)C1=C(OC(=O)COC=O)C(S(=O)(=O)Nc2ccc(F)cc2F)CCC1. The number of hydrogen-bond acceptors (Lipinski definition) is 6. The first kappa shape index (κ1) is 22.8. The Morgan fingerprint density at radius 2 is 2.00 bits per heavy atom. The van der Waals surface area contributed by atoms with Crippen LogP contribution >= 0.6 is 0 Å². The van der Waals surface area contributed by atoms with Gasteiger partial charge in [0.05, 0.1) is 5.69 Å². The number of rotatable bonds is 7. The van der Waals surface area contributed by atoms with Crippen molar-refractivity contribution >= 4 is 28.2 Å². The van der Waals surface area contributed by atoms with Gasteiger partial charge >= 0.3 is 5.97 Å². The molecular formula is C19H23F2NO6S. The Labute approximate surface area is 168 Å². The molecule has 0 bridgehead atoms. The van der Waals surface area contributed by atoms with Crippen molar-refractivity contribution in [2.75, 3.05) is 11.3 Å². The smallest absolute Gasteiger partial charge is 0.349 e. The van der Waals surface area contributed by atoms with Crippen LogP contribution in [0.25, 0.3) is 0 Å². The van der Waals surface area contributed by atoms with Gasteiger partial charge in [0.25, 0.3) is 6.47 Å². The predicted molar refractivity (Wildman–Crippen MR) is 101 cm³/mol. The van der Waals surface area contributed by atoms with Crippen molar-refractivity contribution in [1.29, 1.82) is 0 Å². The van der Waals surface area contributed by atoms with Crippen molar-refractivity contribution in [1.82, 2.24) is 0 Å². The lowest BCUT2D eigenvalue weighted by Crippen LogP contribution is -2.36. The topological polar surface area (TPSA) is 98.8 Å². The van der Waals surface area contributed by atoms with Gasteiger partial charge in [-0.3, -0.25) is 9.52 Å². The van der Waals surface area contributed by atoms with Crippen LogP contribution in [0.3, 0.4) is 0 Å². The van der Waals surface area contributed by atoms with Crippen molar-refractivity contribution in [3.05, 3.63) is 41.2 Å². The van der Waals surface area contributed by atoms with Crippen LogP contribution in [-0.2, 0) is 29.1 Å². The maximum absolute atomic E-state index is 13.9. The van der Waals surface area contributed by atoms with Crippen LogP contribution in [0.2, 0.25) is 0 Å². The maximum Gasteiger partial charge on any atom is 0.349 e. The largest absolute Gasteiger partial charge is 0.456 e. The minimum Gasteiger partial charge on any atom is -0.456 e. The Hall–Kier alpha value is -2.49. The van der Waals surface area contributed by atoms with Gasteiger partial charge in [0, 0.05) is 6.07 Å². The molecule has 0 radical (unpaired) electrons. The highest BCUT2D eigenvalue weighted by Crippen LogP contribution is 2.40. The lowest BCUT2D eigenvalue weighted by molar-refractivity contribution is -0.150. The standard InChI is InChI=1S/C19H23F2NO6S/c1-19(2,3)13-5-4-6-16(18(13)28-17(24)10-27-11-23)29(25,26)22-15-8-7-12(20)9-14(15)21/h7-9,11,16,22H,4-6,10H2,1-3H3. The third-order valence-corrected chi connectivity index (χ3v) is 6.14. The van der Waals surface area contributed by atoms with Gasteiger partial charge in [-0.1, -0.05) is 20.8 Å². The number of anilines is 1. The fraction of sp³-hybridized carbons (Fsp3) is 0.474. The fourth-order valence-electron chi connectivity index (χ4n) is 3.13. The normalized spacial score (nSPS) is 17.6. The third-order valence-electron chi connectivity index (χ3n) is 4.44. The van der Waals surface area contributed by atoms with Crippen molar-refractivity contribution < 1.29 is 36.3 Å². The van der Waals surface area contributed by atoms with E-state index < -0.39 is 50.6 Å². The number of carbonyl (C=O) groups is 2. The summed E-state index contributed by atoms with van der Waals surface area (Å²) >= 11 is 0. The van der Waals surface area contributed by atoms with Crippen molar-refractivity contribution in [2.45, 2.75) is 45.3 Å². The monoisotopic (exact) mass is 431 g/mol. The van der Waals surface area contributed by atoms with Gasteiger partial charge in [-0.15, -0.1) is 0 Å². The first-order valence-corrected chi connectivity index (χ1v) is 10.5. The Morgan fingerprint density at radius 3 is 2.59 bits per heavy atom. The first-order chi connectivity index (χ1) is 13.5. The summed E-state index contributed by atoms with van der Waals surface area (Å²) in [7, 11) is -4.24. The number of sulfonamides is 1. The molecule has 0 aliphatic heterocycles. The molecule has 1 aromatic carbocycles. The van der Waals surface area contributed by atoms with Gasteiger partial charge in [0.2, 0.25) is 10.0 Å². The molecule has 1 aliphatic rings. The van der Waals surface area contributed by atoms with Gasteiger partial charge in [-0.05, 0) is 42.4 Å². The summed E-state index contributed by atoms with van der Waals surface area (Å²) in [6.07, 6.45) is 1.16.